The topological polar surface area (TPSA) is 55.1 Å². The van der Waals surface area contributed by atoms with Gasteiger partial charge in [0.2, 0.25) is 0 Å². The van der Waals surface area contributed by atoms with Gasteiger partial charge in [-0.3, -0.25) is 5.14 Å². The van der Waals surface area contributed by atoms with Crippen molar-refractivity contribution in [1.82, 2.24) is 5.32 Å². The van der Waals surface area contributed by atoms with E-state index in [0.717, 1.165) is 23.0 Å². The molecule has 0 aliphatic carbocycles. The lowest BCUT2D eigenvalue weighted by molar-refractivity contribution is 0.320. The van der Waals surface area contributed by atoms with Crippen molar-refractivity contribution in [1.29, 1.82) is 0 Å². The number of benzene rings is 2. The van der Waals surface area contributed by atoms with Crippen LogP contribution in [0, 0.1) is 5.82 Å². The number of nitrogens with one attached hydrogen (secondary N) is 1. The van der Waals surface area contributed by atoms with Crippen LogP contribution in [0.5, 0.6) is 0 Å². The summed E-state index contributed by atoms with van der Waals surface area (Å²) in [6.45, 7) is 10.7. The Bertz CT molecular complexity index is 855. The SMILES string of the molecule is C=CC[C@@](CCN[C@@H](C)c1ccc(Br)cc1)(CC(C)(C)S(N)=O)c1ccc(F)cc1. The molecular weight excluding hydrogens is 463 g/mol. The van der Waals surface area contributed by atoms with Gasteiger partial charge in [0.15, 0.2) is 0 Å². The van der Waals surface area contributed by atoms with Crippen LogP contribution in [0.1, 0.15) is 57.2 Å². The van der Waals surface area contributed by atoms with Gasteiger partial charge in [-0.2, -0.15) is 0 Å². The van der Waals surface area contributed by atoms with Gasteiger partial charge in [0.1, 0.15) is 5.82 Å². The van der Waals surface area contributed by atoms with Crippen molar-refractivity contribution < 1.29 is 8.60 Å². The zero-order chi connectivity index (χ0) is 22.4. The highest BCUT2D eigenvalue weighted by Gasteiger charge is 2.39. The molecule has 0 saturated heterocycles. The molecule has 3 atom stereocenters. The Labute approximate surface area is 191 Å². The van der Waals surface area contributed by atoms with Gasteiger partial charge < -0.3 is 5.32 Å². The van der Waals surface area contributed by atoms with Crippen LogP contribution in [-0.4, -0.2) is 15.5 Å². The van der Waals surface area contributed by atoms with E-state index in [1.165, 1.54) is 17.7 Å². The van der Waals surface area contributed by atoms with Gasteiger partial charge in [0.25, 0.3) is 0 Å². The largest absolute Gasteiger partial charge is 0.310 e. The Balaban J connectivity index is 2.27. The van der Waals surface area contributed by atoms with Gasteiger partial charge in [0.05, 0.1) is 15.7 Å². The molecule has 2 aromatic rings. The highest BCUT2D eigenvalue weighted by atomic mass is 79.9. The average molecular weight is 496 g/mol. The van der Waals surface area contributed by atoms with E-state index < -0.39 is 15.7 Å². The highest BCUT2D eigenvalue weighted by Crippen LogP contribution is 2.41. The molecular formula is C24H32BrFN2OS. The standard InChI is InChI=1S/C24H32BrFN2OS/c1-5-14-24(17-23(3,4)30(27)29,20-8-12-22(26)13-9-20)15-16-28-18(2)19-6-10-21(25)11-7-19/h5-13,18,28H,1,14-17,27H2,2-4H3/t18-,24+,30?/m0/s1. The number of allylic oxidation sites excluding steroid dienone is 1. The Morgan fingerprint density at radius 1 is 1.20 bits per heavy atom. The first kappa shape index (κ1) is 24.9. The molecule has 164 valence electrons. The van der Waals surface area contributed by atoms with E-state index in [0.29, 0.717) is 12.8 Å². The Hall–Kier alpha value is -1.34. The fraction of sp³-hybridized carbons (Fsp3) is 0.417. The summed E-state index contributed by atoms with van der Waals surface area (Å²) in [5.41, 5.74) is 1.87. The minimum Gasteiger partial charge on any atom is -0.310 e. The van der Waals surface area contributed by atoms with Crippen molar-refractivity contribution in [3.05, 3.63) is 82.6 Å². The van der Waals surface area contributed by atoms with Crippen LogP contribution in [0.2, 0.25) is 0 Å². The first-order valence-corrected chi connectivity index (χ1v) is 12.1. The van der Waals surface area contributed by atoms with Crippen molar-refractivity contribution in [2.24, 2.45) is 5.14 Å². The molecule has 0 radical (unpaired) electrons. The molecule has 3 N–H and O–H groups in total. The molecule has 30 heavy (non-hydrogen) atoms. The van der Waals surface area contributed by atoms with Crippen molar-refractivity contribution in [2.75, 3.05) is 6.54 Å². The van der Waals surface area contributed by atoms with E-state index in [2.05, 4.69) is 46.9 Å². The third-order valence-electron chi connectivity index (χ3n) is 5.72. The Morgan fingerprint density at radius 2 is 1.80 bits per heavy atom. The Morgan fingerprint density at radius 3 is 2.33 bits per heavy atom. The number of halogens is 2. The molecule has 3 nitrogen and oxygen atoms in total. The molecule has 0 bridgehead atoms. The maximum absolute atomic E-state index is 13.6. The van der Waals surface area contributed by atoms with E-state index in [-0.39, 0.29) is 17.3 Å². The molecule has 0 spiro atoms. The number of hydrogen-bond acceptors (Lipinski definition) is 2. The van der Waals surface area contributed by atoms with Crippen LogP contribution < -0.4 is 10.5 Å². The van der Waals surface area contributed by atoms with Crippen LogP contribution in [0.3, 0.4) is 0 Å². The second kappa shape index (κ2) is 10.8. The first-order chi connectivity index (χ1) is 14.1. The van der Waals surface area contributed by atoms with Gasteiger partial charge >= 0.3 is 0 Å². The molecule has 0 aliphatic heterocycles. The zero-order valence-corrected chi connectivity index (χ0v) is 20.4. The van der Waals surface area contributed by atoms with Crippen LogP contribution >= 0.6 is 15.9 Å². The minimum absolute atomic E-state index is 0.185. The molecule has 0 saturated carbocycles. The molecule has 0 fully saturated rings. The summed E-state index contributed by atoms with van der Waals surface area (Å²) in [6.07, 6.45) is 3.96. The minimum atomic E-state index is -1.48. The lowest BCUT2D eigenvalue weighted by Gasteiger charge is -2.40. The molecule has 1 unspecified atom stereocenters. The molecule has 0 aliphatic rings. The summed E-state index contributed by atoms with van der Waals surface area (Å²) in [6, 6.07) is 15.1. The van der Waals surface area contributed by atoms with Crippen LogP contribution in [-0.2, 0) is 16.4 Å². The van der Waals surface area contributed by atoms with Gasteiger partial charge in [0, 0.05) is 15.9 Å². The van der Waals surface area contributed by atoms with E-state index in [4.69, 9.17) is 5.14 Å². The fourth-order valence-corrected chi connectivity index (χ4v) is 4.67. The third kappa shape index (κ3) is 6.58. The summed E-state index contributed by atoms with van der Waals surface area (Å²) in [5.74, 6) is -0.269. The summed E-state index contributed by atoms with van der Waals surface area (Å²) >= 11 is 3.47. The molecule has 2 rings (SSSR count). The zero-order valence-electron chi connectivity index (χ0n) is 18.0. The second-order valence-corrected chi connectivity index (χ2v) is 11.1. The van der Waals surface area contributed by atoms with E-state index in [1.54, 1.807) is 0 Å². The normalized spacial score (nSPS) is 15.9. The highest BCUT2D eigenvalue weighted by molar-refractivity contribution is 9.10. The third-order valence-corrected chi connectivity index (χ3v) is 7.49. The van der Waals surface area contributed by atoms with Crippen LogP contribution in [0.4, 0.5) is 4.39 Å². The van der Waals surface area contributed by atoms with Gasteiger partial charge in [-0.1, -0.05) is 46.3 Å². The lowest BCUT2D eigenvalue weighted by atomic mass is 9.69. The maximum atomic E-state index is 13.6. The lowest BCUT2D eigenvalue weighted by Crippen LogP contribution is -2.42. The molecule has 2 aromatic carbocycles. The predicted octanol–water partition coefficient (Wildman–Crippen LogP) is 5.93. The van der Waals surface area contributed by atoms with Gasteiger partial charge in [-0.25, -0.2) is 8.60 Å². The molecule has 6 heteroatoms. The van der Waals surface area contributed by atoms with Crippen molar-refractivity contribution >= 4 is 26.9 Å². The first-order valence-electron chi connectivity index (χ1n) is 10.1. The van der Waals surface area contributed by atoms with E-state index in [9.17, 15) is 8.60 Å². The fourth-order valence-electron chi connectivity index (χ4n) is 3.99. The average Bonchev–Trinajstić information content (AvgIpc) is 2.68. The Kier molecular flexibility index (Phi) is 8.98. The van der Waals surface area contributed by atoms with Gasteiger partial charge in [-0.15, -0.1) is 6.58 Å². The molecule has 0 aromatic heterocycles. The predicted molar refractivity (Wildman–Crippen MR) is 129 cm³/mol. The van der Waals surface area contributed by atoms with Crippen molar-refractivity contribution in [2.45, 2.75) is 56.2 Å². The van der Waals surface area contributed by atoms with Crippen molar-refractivity contribution in [3.63, 3.8) is 0 Å². The smallest absolute Gasteiger partial charge is 0.123 e. The summed E-state index contributed by atoms with van der Waals surface area (Å²) < 4.78 is 26.3. The summed E-state index contributed by atoms with van der Waals surface area (Å²) in [4.78, 5) is 0. The molecule has 0 amide bonds. The monoisotopic (exact) mass is 494 g/mol. The maximum Gasteiger partial charge on any atom is 0.123 e. The number of rotatable bonds is 11. The van der Waals surface area contributed by atoms with Crippen LogP contribution in [0.25, 0.3) is 0 Å². The number of nitrogens with two attached hydrogens (primary N) is 1. The second-order valence-electron chi connectivity index (χ2n) is 8.49. The quantitative estimate of drug-likeness (QED) is 0.380. The van der Waals surface area contributed by atoms with E-state index in [1.807, 2.05) is 44.2 Å². The summed E-state index contributed by atoms with van der Waals surface area (Å²) in [7, 11) is -1.48. The van der Waals surface area contributed by atoms with Gasteiger partial charge in [-0.05, 0) is 82.0 Å². The van der Waals surface area contributed by atoms with E-state index >= 15 is 0 Å². The van der Waals surface area contributed by atoms with Crippen molar-refractivity contribution in [3.8, 4) is 0 Å². The molecule has 0 heterocycles. The number of hydrogen-bond donors (Lipinski definition) is 2. The summed E-state index contributed by atoms with van der Waals surface area (Å²) in [5, 5.41) is 9.41. The van der Waals surface area contributed by atoms with Crippen LogP contribution in [0.15, 0.2) is 65.7 Å².